The summed E-state index contributed by atoms with van der Waals surface area (Å²) < 4.78 is 10.7. The lowest BCUT2D eigenvalue weighted by atomic mass is 9.98. The van der Waals surface area contributed by atoms with E-state index in [4.69, 9.17) is 15.2 Å². The first-order valence-corrected chi connectivity index (χ1v) is 7.82. The van der Waals surface area contributed by atoms with Gasteiger partial charge in [-0.25, -0.2) is 0 Å². The van der Waals surface area contributed by atoms with Crippen molar-refractivity contribution < 1.29 is 14.3 Å². The predicted molar refractivity (Wildman–Crippen MR) is 84.4 cm³/mol. The standard InChI is InChI=1S/C17H24N2O3/c1-10-15(21-2)6-12(7-16(10)22-3)17(20)19-8-11-4-5-14(18)13(11)9-19/h6-7,11,13-14H,4-5,8-9,18H2,1-3H3. The second-order valence-electron chi connectivity index (χ2n) is 6.38. The minimum atomic E-state index is 0.0400. The summed E-state index contributed by atoms with van der Waals surface area (Å²) in [6.45, 7) is 3.50. The zero-order valence-corrected chi connectivity index (χ0v) is 13.5. The van der Waals surface area contributed by atoms with Gasteiger partial charge in [0.15, 0.2) is 0 Å². The Morgan fingerprint density at radius 3 is 2.36 bits per heavy atom. The van der Waals surface area contributed by atoms with Gasteiger partial charge in [-0.15, -0.1) is 0 Å². The summed E-state index contributed by atoms with van der Waals surface area (Å²) in [5, 5.41) is 0. The van der Waals surface area contributed by atoms with E-state index in [-0.39, 0.29) is 11.9 Å². The van der Waals surface area contributed by atoms with Gasteiger partial charge in [-0.05, 0) is 43.7 Å². The van der Waals surface area contributed by atoms with E-state index in [1.807, 2.05) is 11.8 Å². The molecule has 22 heavy (non-hydrogen) atoms. The quantitative estimate of drug-likeness (QED) is 0.925. The monoisotopic (exact) mass is 304 g/mol. The third-order valence-electron chi connectivity index (χ3n) is 5.20. The molecule has 1 amide bonds. The third-order valence-corrected chi connectivity index (χ3v) is 5.20. The van der Waals surface area contributed by atoms with Crippen LogP contribution in [0.5, 0.6) is 11.5 Å². The van der Waals surface area contributed by atoms with Crippen LogP contribution in [0.2, 0.25) is 0 Å². The second-order valence-corrected chi connectivity index (χ2v) is 6.38. The van der Waals surface area contributed by atoms with E-state index in [0.29, 0.717) is 28.9 Å². The maximum atomic E-state index is 12.8. The molecule has 2 N–H and O–H groups in total. The molecule has 3 unspecified atom stereocenters. The van der Waals surface area contributed by atoms with Crippen LogP contribution >= 0.6 is 0 Å². The molecule has 0 spiro atoms. The topological polar surface area (TPSA) is 64.8 Å². The molecule has 0 aromatic heterocycles. The fourth-order valence-electron chi connectivity index (χ4n) is 3.87. The number of carbonyl (C=O) groups excluding carboxylic acids is 1. The summed E-state index contributed by atoms with van der Waals surface area (Å²) in [7, 11) is 3.21. The van der Waals surface area contributed by atoms with Crippen LogP contribution in [0, 0.1) is 18.8 Å². The minimum Gasteiger partial charge on any atom is -0.496 e. The first-order chi connectivity index (χ1) is 10.5. The van der Waals surface area contributed by atoms with Crippen LogP contribution in [0.4, 0.5) is 0 Å². The highest BCUT2D eigenvalue weighted by Crippen LogP contribution is 2.38. The largest absolute Gasteiger partial charge is 0.496 e. The smallest absolute Gasteiger partial charge is 0.254 e. The summed E-state index contributed by atoms with van der Waals surface area (Å²) in [4.78, 5) is 14.7. The molecular weight excluding hydrogens is 280 g/mol. The Morgan fingerprint density at radius 1 is 1.18 bits per heavy atom. The van der Waals surface area contributed by atoms with Crippen molar-refractivity contribution in [1.29, 1.82) is 0 Å². The average Bonchev–Trinajstić information content (AvgIpc) is 3.09. The molecule has 5 nitrogen and oxygen atoms in total. The Morgan fingerprint density at radius 2 is 1.82 bits per heavy atom. The third kappa shape index (κ3) is 2.43. The molecule has 1 aromatic carbocycles. The van der Waals surface area contributed by atoms with Crippen molar-refractivity contribution in [3.63, 3.8) is 0 Å². The van der Waals surface area contributed by atoms with Crippen LogP contribution in [0.1, 0.15) is 28.8 Å². The highest BCUT2D eigenvalue weighted by Gasteiger charge is 2.42. The molecule has 0 bridgehead atoms. The number of nitrogens with zero attached hydrogens (tertiary/aromatic N) is 1. The van der Waals surface area contributed by atoms with Gasteiger partial charge in [-0.3, -0.25) is 4.79 Å². The summed E-state index contributed by atoms with van der Waals surface area (Å²) in [5.74, 6) is 2.42. The molecule has 0 radical (unpaired) electrons. The molecule has 1 saturated heterocycles. The Bertz CT molecular complexity index is 562. The average molecular weight is 304 g/mol. The van der Waals surface area contributed by atoms with Crippen molar-refractivity contribution in [2.75, 3.05) is 27.3 Å². The van der Waals surface area contributed by atoms with Crippen molar-refractivity contribution in [2.45, 2.75) is 25.8 Å². The molecule has 1 aliphatic heterocycles. The molecule has 120 valence electrons. The Hall–Kier alpha value is -1.75. The van der Waals surface area contributed by atoms with Gasteiger partial charge in [0.25, 0.3) is 5.91 Å². The number of likely N-dealkylation sites (tertiary alicyclic amines) is 1. The number of amides is 1. The number of fused-ring (bicyclic) bond motifs is 1. The summed E-state index contributed by atoms with van der Waals surface area (Å²) in [6.07, 6.45) is 2.22. The lowest BCUT2D eigenvalue weighted by molar-refractivity contribution is 0.0779. The van der Waals surface area contributed by atoms with Gasteiger partial charge in [0, 0.05) is 30.3 Å². The highest BCUT2D eigenvalue weighted by atomic mass is 16.5. The first kappa shape index (κ1) is 15.2. The number of rotatable bonds is 3. The van der Waals surface area contributed by atoms with Gasteiger partial charge in [0.2, 0.25) is 0 Å². The van der Waals surface area contributed by atoms with E-state index in [1.165, 1.54) is 0 Å². The number of hydrogen-bond acceptors (Lipinski definition) is 4. The number of nitrogens with two attached hydrogens (primary N) is 1. The summed E-state index contributed by atoms with van der Waals surface area (Å²) in [6, 6.07) is 3.84. The maximum Gasteiger partial charge on any atom is 0.254 e. The molecule has 5 heteroatoms. The van der Waals surface area contributed by atoms with E-state index >= 15 is 0 Å². The Kier molecular flexibility index (Phi) is 4.00. The minimum absolute atomic E-state index is 0.0400. The van der Waals surface area contributed by atoms with Crippen LogP contribution in [0.3, 0.4) is 0 Å². The molecule has 3 atom stereocenters. The van der Waals surface area contributed by atoms with Crippen LogP contribution < -0.4 is 15.2 Å². The van der Waals surface area contributed by atoms with E-state index in [1.54, 1.807) is 26.4 Å². The molecule has 1 heterocycles. The van der Waals surface area contributed by atoms with Crippen molar-refractivity contribution in [2.24, 2.45) is 17.6 Å². The van der Waals surface area contributed by atoms with E-state index < -0.39 is 0 Å². The fraction of sp³-hybridized carbons (Fsp3) is 0.588. The van der Waals surface area contributed by atoms with Gasteiger partial charge in [0.1, 0.15) is 11.5 Å². The number of ether oxygens (including phenoxy) is 2. The van der Waals surface area contributed by atoms with Gasteiger partial charge in [-0.2, -0.15) is 0 Å². The molecule has 1 aromatic rings. The van der Waals surface area contributed by atoms with Crippen molar-refractivity contribution in [3.8, 4) is 11.5 Å². The SMILES string of the molecule is COc1cc(C(=O)N2CC3CCC(N)C3C2)cc(OC)c1C. The van der Waals surface area contributed by atoms with Crippen LogP contribution in [0.25, 0.3) is 0 Å². The fourth-order valence-corrected chi connectivity index (χ4v) is 3.87. The number of benzene rings is 1. The number of methoxy groups -OCH3 is 2. The first-order valence-electron chi connectivity index (χ1n) is 7.82. The van der Waals surface area contributed by atoms with E-state index in [0.717, 1.165) is 31.5 Å². The summed E-state index contributed by atoms with van der Waals surface area (Å²) in [5.41, 5.74) is 7.68. The summed E-state index contributed by atoms with van der Waals surface area (Å²) >= 11 is 0. The zero-order valence-electron chi connectivity index (χ0n) is 13.5. The lowest BCUT2D eigenvalue weighted by Crippen LogP contribution is -2.33. The number of hydrogen-bond donors (Lipinski definition) is 1. The van der Waals surface area contributed by atoms with E-state index in [9.17, 15) is 4.79 Å². The zero-order chi connectivity index (χ0) is 15.9. The molecule has 3 rings (SSSR count). The molecule has 2 aliphatic rings. The van der Waals surface area contributed by atoms with Crippen molar-refractivity contribution >= 4 is 5.91 Å². The van der Waals surface area contributed by atoms with Gasteiger partial charge in [-0.1, -0.05) is 0 Å². The van der Waals surface area contributed by atoms with Crippen molar-refractivity contribution in [3.05, 3.63) is 23.3 Å². The lowest BCUT2D eigenvalue weighted by Gasteiger charge is -2.20. The van der Waals surface area contributed by atoms with Gasteiger partial charge < -0.3 is 20.1 Å². The van der Waals surface area contributed by atoms with Crippen molar-refractivity contribution in [1.82, 2.24) is 4.90 Å². The Balaban J connectivity index is 1.84. The van der Waals surface area contributed by atoms with Crippen LogP contribution in [-0.4, -0.2) is 44.2 Å². The second kappa shape index (κ2) is 5.80. The Labute approximate surface area is 131 Å². The van der Waals surface area contributed by atoms with E-state index in [2.05, 4.69) is 0 Å². The molecule has 2 fully saturated rings. The molecular formula is C17H24N2O3. The van der Waals surface area contributed by atoms with Crippen LogP contribution in [0.15, 0.2) is 12.1 Å². The van der Waals surface area contributed by atoms with Gasteiger partial charge >= 0.3 is 0 Å². The maximum absolute atomic E-state index is 12.8. The normalized spacial score (nSPS) is 26.9. The molecule has 1 saturated carbocycles. The van der Waals surface area contributed by atoms with Crippen LogP contribution in [-0.2, 0) is 0 Å². The predicted octanol–water partition coefficient (Wildman–Crippen LogP) is 1.82. The highest BCUT2D eigenvalue weighted by molar-refractivity contribution is 5.95. The van der Waals surface area contributed by atoms with Gasteiger partial charge in [0.05, 0.1) is 14.2 Å². The number of carbonyl (C=O) groups is 1. The molecule has 1 aliphatic carbocycles.